The Hall–Kier alpha value is -1.28. The third-order valence-corrected chi connectivity index (χ3v) is 5.19. The molecule has 2 fully saturated rings. The highest BCUT2D eigenvalue weighted by atomic mass is 32.2. The number of carboxylic acid groups (broad SMARTS) is 1. The summed E-state index contributed by atoms with van der Waals surface area (Å²) >= 11 is 1.31. The number of carbonyl (C=O) groups is 3. The van der Waals surface area contributed by atoms with Gasteiger partial charge >= 0.3 is 5.97 Å². The third kappa shape index (κ3) is 1.90. The van der Waals surface area contributed by atoms with Crippen LogP contribution in [0.3, 0.4) is 0 Å². The van der Waals surface area contributed by atoms with Crippen molar-refractivity contribution in [3.63, 3.8) is 0 Å². The minimum atomic E-state index is -1.35. The highest BCUT2D eigenvalue weighted by molar-refractivity contribution is 8.00. The van der Waals surface area contributed by atoms with Crippen LogP contribution in [0.4, 0.5) is 0 Å². The summed E-state index contributed by atoms with van der Waals surface area (Å²) in [5.41, 5.74) is -2.32. The number of nitrogens with one attached hydrogen (secondary N) is 1. The van der Waals surface area contributed by atoms with E-state index in [9.17, 15) is 19.5 Å². The van der Waals surface area contributed by atoms with E-state index in [0.29, 0.717) is 5.75 Å². The molecule has 3 atom stereocenters. The molecule has 0 spiro atoms. The molecule has 2 amide bonds. The first-order chi connectivity index (χ1) is 8.77. The van der Waals surface area contributed by atoms with E-state index in [1.54, 1.807) is 6.92 Å². The first-order valence-corrected chi connectivity index (χ1v) is 6.82. The predicted octanol–water partition coefficient (Wildman–Crippen LogP) is -0.529. The second kappa shape index (κ2) is 4.38. The molecule has 0 aromatic rings. The Kier molecular flexibility index (Phi) is 3.26. The lowest BCUT2D eigenvalue weighted by Crippen LogP contribution is -2.82. The average molecular weight is 288 g/mol. The average Bonchev–Trinajstić information content (AvgIpc) is 2.35. The lowest BCUT2D eigenvalue weighted by molar-refractivity contribution is -0.200. The zero-order valence-electron chi connectivity index (χ0n) is 10.9. The van der Waals surface area contributed by atoms with Crippen molar-refractivity contribution >= 4 is 29.5 Å². The number of carbonyl (C=O) groups excluding carboxylic acids is 2. The van der Waals surface area contributed by atoms with Crippen molar-refractivity contribution in [2.24, 2.45) is 5.41 Å². The van der Waals surface area contributed by atoms with Gasteiger partial charge in [-0.1, -0.05) is 0 Å². The third-order valence-electron chi connectivity index (χ3n) is 3.49. The molecular weight excluding hydrogens is 272 g/mol. The summed E-state index contributed by atoms with van der Waals surface area (Å²) in [5, 5.41) is 11.3. The van der Waals surface area contributed by atoms with E-state index in [4.69, 9.17) is 4.74 Å². The quantitative estimate of drug-likeness (QED) is 0.535. The first-order valence-electron chi connectivity index (χ1n) is 5.77. The number of methoxy groups -OCH3 is 1. The molecule has 0 saturated carbocycles. The first kappa shape index (κ1) is 14.1. The molecule has 0 aliphatic carbocycles. The molecule has 19 heavy (non-hydrogen) atoms. The number of fused-ring (bicyclic) bond motifs is 1. The Morgan fingerprint density at radius 1 is 1.58 bits per heavy atom. The minimum absolute atomic E-state index is 0.129. The van der Waals surface area contributed by atoms with E-state index in [1.807, 2.05) is 0 Å². The zero-order valence-corrected chi connectivity index (χ0v) is 11.7. The number of thioether (sulfide) groups is 1. The van der Waals surface area contributed by atoms with Gasteiger partial charge in [0, 0.05) is 26.3 Å². The number of carboxylic acids is 1. The highest BCUT2D eigenvalue weighted by Crippen LogP contribution is 2.47. The number of ether oxygens (including phenoxy) is 1. The van der Waals surface area contributed by atoms with Gasteiger partial charge in [0.05, 0.1) is 5.41 Å². The van der Waals surface area contributed by atoms with E-state index >= 15 is 0 Å². The molecule has 2 aliphatic rings. The number of nitrogens with zero attached hydrogens (tertiary/aromatic N) is 1. The molecule has 0 aromatic carbocycles. The van der Waals surface area contributed by atoms with Gasteiger partial charge in [0.15, 0.2) is 0 Å². The van der Waals surface area contributed by atoms with E-state index in [2.05, 4.69) is 5.32 Å². The Morgan fingerprint density at radius 3 is 2.68 bits per heavy atom. The SMILES string of the molecule is COC1(NC(C)=O)C(=O)N2CC(C)(C(=O)O)CS[C@@H]21. The maximum absolute atomic E-state index is 12.2. The number of hydrogen-bond donors (Lipinski definition) is 2. The van der Waals surface area contributed by atoms with Gasteiger partial charge in [-0.2, -0.15) is 0 Å². The van der Waals surface area contributed by atoms with Gasteiger partial charge in [-0.25, -0.2) is 0 Å². The van der Waals surface area contributed by atoms with Crippen molar-refractivity contribution in [3.05, 3.63) is 0 Å². The number of rotatable bonds is 3. The van der Waals surface area contributed by atoms with Crippen LogP contribution < -0.4 is 5.32 Å². The van der Waals surface area contributed by atoms with Crippen molar-refractivity contribution in [3.8, 4) is 0 Å². The molecule has 2 aliphatic heterocycles. The standard InChI is InChI=1S/C11H16N2O5S/c1-6(14)12-11(18-3)7(15)13-4-10(2,9(16)17)5-19-8(11)13/h8H,4-5H2,1-3H3,(H,12,14)(H,16,17)/t8-,10?,11?/m1/s1. The van der Waals surface area contributed by atoms with Gasteiger partial charge in [-0.15, -0.1) is 11.8 Å². The summed E-state index contributed by atoms with van der Waals surface area (Å²) in [4.78, 5) is 36.0. The van der Waals surface area contributed by atoms with Gasteiger partial charge in [0.25, 0.3) is 11.6 Å². The summed E-state index contributed by atoms with van der Waals surface area (Å²) in [6.45, 7) is 3.05. The van der Waals surface area contributed by atoms with Crippen LogP contribution in [0.15, 0.2) is 0 Å². The fourth-order valence-electron chi connectivity index (χ4n) is 2.37. The smallest absolute Gasteiger partial charge is 0.312 e. The van der Waals surface area contributed by atoms with E-state index < -0.39 is 23.0 Å². The summed E-state index contributed by atoms with van der Waals surface area (Å²) in [5.74, 6) is -1.32. The molecule has 2 unspecified atom stereocenters. The molecule has 0 radical (unpaired) electrons. The van der Waals surface area contributed by atoms with Crippen LogP contribution >= 0.6 is 11.8 Å². The normalized spacial score (nSPS) is 37.3. The van der Waals surface area contributed by atoms with E-state index in [-0.39, 0.29) is 17.8 Å². The van der Waals surface area contributed by atoms with Crippen LogP contribution in [0.2, 0.25) is 0 Å². The molecule has 2 heterocycles. The van der Waals surface area contributed by atoms with Crippen LogP contribution in [0, 0.1) is 5.41 Å². The summed E-state index contributed by atoms with van der Waals surface area (Å²) in [6, 6.07) is 0. The number of aliphatic carboxylic acids is 1. The largest absolute Gasteiger partial charge is 0.481 e. The number of β-lactam (4-membered cyclic amide) rings is 1. The van der Waals surface area contributed by atoms with Gasteiger partial charge in [0.1, 0.15) is 5.37 Å². The molecule has 7 nitrogen and oxygen atoms in total. The zero-order chi connectivity index (χ0) is 14.4. The van der Waals surface area contributed by atoms with Crippen molar-refractivity contribution < 1.29 is 24.2 Å². The lowest BCUT2D eigenvalue weighted by atomic mass is 9.88. The van der Waals surface area contributed by atoms with Gasteiger partial charge in [-0.05, 0) is 6.92 Å². The summed E-state index contributed by atoms with van der Waals surface area (Å²) < 4.78 is 5.20. The van der Waals surface area contributed by atoms with Gasteiger partial charge in [-0.3, -0.25) is 14.4 Å². The number of amides is 2. The molecular formula is C11H16N2O5S. The second-order valence-electron chi connectivity index (χ2n) is 5.08. The van der Waals surface area contributed by atoms with Crippen molar-refractivity contribution in [2.75, 3.05) is 19.4 Å². The lowest BCUT2D eigenvalue weighted by Gasteiger charge is -2.58. The Morgan fingerprint density at radius 2 is 2.21 bits per heavy atom. The fourth-order valence-corrected chi connectivity index (χ4v) is 3.95. The van der Waals surface area contributed by atoms with Crippen molar-refractivity contribution in [2.45, 2.75) is 24.9 Å². The van der Waals surface area contributed by atoms with E-state index in [0.717, 1.165) is 0 Å². The molecule has 2 saturated heterocycles. The van der Waals surface area contributed by atoms with Crippen LogP contribution in [-0.2, 0) is 19.1 Å². The molecule has 2 rings (SSSR count). The molecule has 0 bridgehead atoms. The molecule has 8 heteroatoms. The van der Waals surface area contributed by atoms with Crippen molar-refractivity contribution in [1.82, 2.24) is 10.2 Å². The molecule has 0 aromatic heterocycles. The monoisotopic (exact) mass is 288 g/mol. The maximum atomic E-state index is 12.2. The second-order valence-corrected chi connectivity index (χ2v) is 6.15. The van der Waals surface area contributed by atoms with Gasteiger partial charge < -0.3 is 20.1 Å². The van der Waals surface area contributed by atoms with Crippen LogP contribution in [0.25, 0.3) is 0 Å². The Balaban J connectivity index is 2.20. The van der Waals surface area contributed by atoms with Crippen LogP contribution in [0.5, 0.6) is 0 Å². The summed E-state index contributed by atoms with van der Waals surface area (Å²) in [6.07, 6.45) is 0. The number of hydrogen-bond acceptors (Lipinski definition) is 5. The molecule has 2 N–H and O–H groups in total. The van der Waals surface area contributed by atoms with Crippen LogP contribution in [0.1, 0.15) is 13.8 Å². The minimum Gasteiger partial charge on any atom is -0.481 e. The topological polar surface area (TPSA) is 95.9 Å². The maximum Gasteiger partial charge on any atom is 0.312 e. The Labute approximate surface area is 114 Å². The summed E-state index contributed by atoms with van der Waals surface area (Å²) in [7, 11) is 1.36. The Bertz CT molecular complexity index is 456. The van der Waals surface area contributed by atoms with Gasteiger partial charge in [0.2, 0.25) is 5.91 Å². The fraction of sp³-hybridized carbons (Fsp3) is 0.727. The van der Waals surface area contributed by atoms with Crippen molar-refractivity contribution in [1.29, 1.82) is 0 Å². The predicted molar refractivity (Wildman–Crippen MR) is 67.3 cm³/mol. The van der Waals surface area contributed by atoms with E-state index in [1.165, 1.54) is 30.7 Å². The van der Waals surface area contributed by atoms with Crippen LogP contribution in [-0.4, -0.2) is 58.3 Å². The molecule has 106 valence electrons. The highest BCUT2D eigenvalue weighted by Gasteiger charge is 2.66.